The maximum absolute atomic E-state index is 6.47. The van der Waals surface area contributed by atoms with E-state index in [1.54, 1.807) is 0 Å². The monoisotopic (exact) mass is 764 g/mol. The fourth-order valence-electron chi connectivity index (χ4n) is 9.45. The van der Waals surface area contributed by atoms with E-state index in [1.807, 2.05) is 36.4 Å². The zero-order valence-corrected chi connectivity index (χ0v) is 32.2. The summed E-state index contributed by atoms with van der Waals surface area (Å²) in [6.07, 6.45) is 0. The van der Waals surface area contributed by atoms with Crippen molar-refractivity contribution in [2.45, 2.75) is 0 Å². The molecule has 13 aromatic rings. The Hall–Kier alpha value is -8.15. The Morgan fingerprint density at radius 1 is 0.317 bits per heavy atom. The Balaban J connectivity index is 1.12. The zero-order valence-electron chi connectivity index (χ0n) is 32.2. The van der Waals surface area contributed by atoms with Crippen molar-refractivity contribution in [1.82, 2.24) is 19.5 Å². The first kappa shape index (κ1) is 32.9. The van der Waals surface area contributed by atoms with Gasteiger partial charge in [0.25, 0.3) is 0 Å². The normalized spacial score (nSPS) is 12.0. The molecule has 0 amide bonds. The van der Waals surface area contributed by atoms with Crippen LogP contribution in [0.4, 0.5) is 0 Å². The Morgan fingerprint density at radius 2 is 0.883 bits per heavy atom. The van der Waals surface area contributed by atoms with Gasteiger partial charge in [0.05, 0.1) is 11.0 Å². The van der Waals surface area contributed by atoms with Crippen molar-refractivity contribution in [2.24, 2.45) is 0 Å². The summed E-state index contributed by atoms with van der Waals surface area (Å²) in [5.41, 5.74) is 10.0. The van der Waals surface area contributed by atoms with Gasteiger partial charge >= 0.3 is 0 Å². The second kappa shape index (κ2) is 12.7. The van der Waals surface area contributed by atoms with E-state index in [1.165, 1.54) is 43.3 Å². The summed E-state index contributed by atoms with van der Waals surface area (Å²) in [6.45, 7) is 0. The van der Waals surface area contributed by atoms with E-state index >= 15 is 0 Å². The van der Waals surface area contributed by atoms with Gasteiger partial charge in [0.2, 0.25) is 0 Å². The molecule has 0 aliphatic carbocycles. The van der Waals surface area contributed by atoms with Crippen LogP contribution >= 0.6 is 0 Å². The van der Waals surface area contributed by atoms with Crippen LogP contribution in [-0.2, 0) is 0 Å². The maximum Gasteiger partial charge on any atom is 0.164 e. The van der Waals surface area contributed by atoms with E-state index in [0.29, 0.717) is 17.5 Å². The second-order valence-electron chi connectivity index (χ2n) is 15.6. The highest BCUT2D eigenvalue weighted by Crippen LogP contribution is 2.47. The molecule has 0 bridgehead atoms. The van der Waals surface area contributed by atoms with Crippen molar-refractivity contribution < 1.29 is 4.42 Å². The number of furan rings is 1. The molecule has 0 N–H and O–H groups in total. The van der Waals surface area contributed by atoms with Crippen molar-refractivity contribution in [3.8, 4) is 51.0 Å². The molecule has 10 aromatic carbocycles. The molecule has 3 aromatic heterocycles. The smallest absolute Gasteiger partial charge is 0.164 e. The lowest BCUT2D eigenvalue weighted by Crippen LogP contribution is -2.01. The lowest BCUT2D eigenvalue weighted by Gasteiger charge is -2.14. The summed E-state index contributed by atoms with van der Waals surface area (Å²) < 4.78 is 8.86. The van der Waals surface area contributed by atoms with Gasteiger partial charge in [-0.25, -0.2) is 15.0 Å². The van der Waals surface area contributed by atoms with Crippen LogP contribution in [0, 0.1) is 0 Å². The third kappa shape index (κ3) is 4.90. The minimum absolute atomic E-state index is 0.612. The summed E-state index contributed by atoms with van der Waals surface area (Å²) in [4.78, 5) is 15.7. The largest absolute Gasteiger partial charge is 0.456 e. The van der Waals surface area contributed by atoms with Crippen LogP contribution in [0.1, 0.15) is 0 Å². The number of benzene rings is 10. The van der Waals surface area contributed by atoms with E-state index in [0.717, 1.165) is 66.3 Å². The topological polar surface area (TPSA) is 56.7 Å². The van der Waals surface area contributed by atoms with Crippen LogP contribution in [0.3, 0.4) is 0 Å². The Labute approximate surface area is 343 Å². The van der Waals surface area contributed by atoms with Crippen LogP contribution in [0.5, 0.6) is 0 Å². The van der Waals surface area contributed by atoms with Gasteiger partial charge in [-0.15, -0.1) is 0 Å². The number of para-hydroxylation sites is 1. The molecular weight excluding hydrogens is 733 g/mol. The fourth-order valence-corrected chi connectivity index (χ4v) is 9.45. The predicted octanol–water partition coefficient (Wildman–Crippen LogP) is 14.4. The molecule has 5 heteroatoms. The number of hydrogen-bond donors (Lipinski definition) is 0. The summed E-state index contributed by atoms with van der Waals surface area (Å²) in [6, 6.07) is 68.5. The number of nitrogens with zero attached hydrogens (tertiary/aromatic N) is 4. The first-order valence-corrected chi connectivity index (χ1v) is 20.3. The highest BCUT2D eigenvalue weighted by Gasteiger charge is 2.24. The van der Waals surface area contributed by atoms with E-state index in [-0.39, 0.29) is 0 Å². The predicted molar refractivity (Wildman–Crippen MR) is 247 cm³/mol. The quantitative estimate of drug-likeness (QED) is 0.164. The van der Waals surface area contributed by atoms with Crippen LogP contribution in [0.25, 0.3) is 127 Å². The van der Waals surface area contributed by atoms with E-state index in [2.05, 4.69) is 162 Å². The Kier molecular flexibility index (Phi) is 6.95. The third-order valence-corrected chi connectivity index (χ3v) is 12.2. The summed E-state index contributed by atoms with van der Waals surface area (Å²) in [5, 5.41) is 11.9. The number of hydrogen-bond acceptors (Lipinski definition) is 4. The molecule has 13 rings (SSSR count). The van der Waals surface area contributed by atoms with Gasteiger partial charge in [-0.2, -0.15) is 0 Å². The molecule has 0 saturated carbocycles. The second-order valence-corrected chi connectivity index (χ2v) is 15.6. The lowest BCUT2D eigenvalue weighted by molar-refractivity contribution is 0.668. The van der Waals surface area contributed by atoms with Crippen molar-refractivity contribution in [1.29, 1.82) is 0 Å². The molecule has 278 valence electrons. The van der Waals surface area contributed by atoms with Crippen molar-refractivity contribution >= 4 is 76.1 Å². The Bertz CT molecular complexity index is 3810. The first-order chi connectivity index (χ1) is 29.7. The molecule has 0 atom stereocenters. The molecule has 0 saturated heterocycles. The van der Waals surface area contributed by atoms with Crippen LogP contribution in [0.2, 0.25) is 0 Å². The van der Waals surface area contributed by atoms with Gasteiger partial charge < -0.3 is 8.98 Å². The van der Waals surface area contributed by atoms with Crippen LogP contribution < -0.4 is 0 Å². The average Bonchev–Trinajstić information content (AvgIpc) is 3.87. The minimum atomic E-state index is 0.612. The van der Waals surface area contributed by atoms with Gasteiger partial charge in [0.1, 0.15) is 11.2 Å². The van der Waals surface area contributed by atoms with Crippen LogP contribution in [-0.4, -0.2) is 19.5 Å². The molecule has 0 spiro atoms. The minimum Gasteiger partial charge on any atom is -0.456 e. The van der Waals surface area contributed by atoms with E-state index in [4.69, 9.17) is 19.4 Å². The van der Waals surface area contributed by atoms with Crippen LogP contribution in [0.15, 0.2) is 199 Å². The third-order valence-electron chi connectivity index (χ3n) is 12.2. The van der Waals surface area contributed by atoms with E-state index in [9.17, 15) is 0 Å². The van der Waals surface area contributed by atoms with Gasteiger partial charge in [-0.05, 0) is 79.8 Å². The highest BCUT2D eigenvalue weighted by atomic mass is 16.3. The Morgan fingerprint density at radius 3 is 1.68 bits per heavy atom. The summed E-state index contributed by atoms with van der Waals surface area (Å²) >= 11 is 0. The first-order valence-electron chi connectivity index (χ1n) is 20.3. The molecule has 60 heavy (non-hydrogen) atoms. The molecular formula is C55H32N4O. The molecule has 0 unspecified atom stereocenters. The number of aromatic nitrogens is 4. The van der Waals surface area contributed by atoms with E-state index < -0.39 is 0 Å². The van der Waals surface area contributed by atoms with Crippen molar-refractivity contribution in [3.05, 3.63) is 194 Å². The standard InChI is InChI=1S/C55H32N4O/c1-3-12-33(13-4-1)34-22-24-37(25-23-34)54-56-53(36-15-5-2-6-16-36)57-55(58-54)38-30-45-50-40-17-8-7-14-35(40)26-28-44(50)43-19-11-20-46-51(43)52(45)47(31-38)59(46)39-27-29-42-41-18-9-10-21-48(41)60-49(42)32-39/h1-32H. The van der Waals surface area contributed by atoms with Gasteiger partial charge in [0, 0.05) is 50.0 Å². The van der Waals surface area contributed by atoms with Crippen molar-refractivity contribution in [3.63, 3.8) is 0 Å². The molecule has 0 radical (unpaired) electrons. The van der Waals surface area contributed by atoms with Crippen molar-refractivity contribution in [2.75, 3.05) is 0 Å². The fraction of sp³-hybridized carbons (Fsp3) is 0. The lowest BCUT2D eigenvalue weighted by atomic mass is 9.90. The molecule has 0 aliphatic heterocycles. The molecule has 3 heterocycles. The SMILES string of the molecule is c1ccc(-c2ccc(-c3nc(-c4ccccc4)nc(-c4cc5c6c7ccccc7ccc6c6cccc7c6c5c(c4)n7-c4ccc5c(c4)oc4ccccc45)n3)cc2)cc1. The average molecular weight is 765 g/mol. The van der Waals surface area contributed by atoms with Gasteiger partial charge in [-0.3, -0.25) is 0 Å². The molecule has 0 fully saturated rings. The molecule has 0 aliphatic rings. The zero-order chi connectivity index (χ0) is 39.3. The van der Waals surface area contributed by atoms with Gasteiger partial charge in [-0.1, -0.05) is 152 Å². The maximum atomic E-state index is 6.47. The highest BCUT2D eigenvalue weighted by molar-refractivity contribution is 6.38. The number of fused-ring (bicyclic) bond motifs is 8. The van der Waals surface area contributed by atoms with Gasteiger partial charge in [0.15, 0.2) is 17.5 Å². The molecule has 5 nitrogen and oxygen atoms in total. The summed E-state index contributed by atoms with van der Waals surface area (Å²) in [5.74, 6) is 1.86. The summed E-state index contributed by atoms with van der Waals surface area (Å²) in [7, 11) is 0. The number of rotatable bonds is 5.